The molecule has 0 fully saturated rings. The number of aryl methyl sites for hydroxylation is 1. The third-order valence-corrected chi connectivity index (χ3v) is 2.40. The summed E-state index contributed by atoms with van der Waals surface area (Å²) in [6.07, 6.45) is -0.138. The van der Waals surface area contributed by atoms with E-state index < -0.39 is 11.9 Å². The molecule has 1 heterocycles. The number of benzene rings is 1. The molecule has 0 aliphatic heterocycles. The minimum absolute atomic E-state index is 0.0947. The Bertz CT molecular complexity index is 588. The molecule has 0 saturated carbocycles. The standard InChI is InChI=1S/C11H10N2O4/c14-9(15)5-6-13-8-4-2-1-3-7(8)12-10(13)11(16)17/h1-4H,5-6H2,(H,14,15)(H,16,17). The molecule has 0 bridgehead atoms. The van der Waals surface area contributed by atoms with Gasteiger partial charge in [0.15, 0.2) is 0 Å². The molecule has 0 amide bonds. The van der Waals surface area contributed by atoms with Crippen molar-refractivity contribution in [1.82, 2.24) is 9.55 Å². The molecule has 1 aromatic heterocycles. The molecule has 1 aromatic carbocycles. The topological polar surface area (TPSA) is 92.4 Å². The number of carbonyl (C=O) groups is 2. The largest absolute Gasteiger partial charge is 0.481 e. The van der Waals surface area contributed by atoms with Gasteiger partial charge in [0.2, 0.25) is 5.82 Å². The van der Waals surface area contributed by atoms with Crippen LogP contribution in [0.25, 0.3) is 11.0 Å². The average molecular weight is 234 g/mol. The highest BCUT2D eigenvalue weighted by Gasteiger charge is 2.16. The van der Waals surface area contributed by atoms with Crippen LogP contribution in [0, 0.1) is 0 Å². The van der Waals surface area contributed by atoms with Crippen molar-refractivity contribution in [3.05, 3.63) is 30.1 Å². The molecule has 0 saturated heterocycles. The van der Waals surface area contributed by atoms with Crippen LogP contribution in [0.4, 0.5) is 0 Å². The van der Waals surface area contributed by atoms with Gasteiger partial charge in [-0.3, -0.25) is 4.79 Å². The maximum atomic E-state index is 11.0. The van der Waals surface area contributed by atoms with Crippen LogP contribution in [0.15, 0.2) is 24.3 Å². The molecule has 88 valence electrons. The molecule has 2 rings (SSSR count). The van der Waals surface area contributed by atoms with E-state index in [4.69, 9.17) is 10.2 Å². The maximum Gasteiger partial charge on any atom is 0.372 e. The average Bonchev–Trinajstić information content (AvgIpc) is 2.65. The van der Waals surface area contributed by atoms with Crippen molar-refractivity contribution in [2.75, 3.05) is 0 Å². The summed E-state index contributed by atoms with van der Waals surface area (Å²) in [7, 11) is 0. The lowest BCUT2D eigenvalue weighted by molar-refractivity contribution is -0.137. The van der Waals surface area contributed by atoms with Gasteiger partial charge in [-0.2, -0.15) is 0 Å². The van der Waals surface area contributed by atoms with E-state index in [1.54, 1.807) is 24.3 Å². The number of aromatic carboxylic acids is 1. The Morgan fingerprint density at radius 3 is 2.59 bits per heavy atom. The molecule has 0 aliphatic carbocycles. The molecule has 0 unspecified atom stereocenters. The van der Waals surface area contributed by atoms with Gasteiger partial charge < -0.3 is 14.8 Å². The van der Waals surface area contributed by atoms with Crippen LogP contribution < -0.4 is 0 Å². The van der Waals surface area contributed by atoms with E-state index in [1.165, 1.54) is 4.57 Å². The molecule has 0 radical (unpaired) electrons. The number of carboxylic acids is 2. The second-order valence-electron chi connectivity index (χ2n) is 3.52. The van der Waals surface area contributed by atoms with Crippen LogP contribution in [0.3, 0.4) is 0 Å². The van der Waals surface area contributed by atoms with Crippen molar-refractivity contribution in [3.8, 4) is 0 Å². The van der Waals surface area contributed by atoms with E-state index in [2.05, 4.69) is 4.98 Å². The SMILES string of the molecule is O=C(O)CCn1c(C(=O)O)nc2ccccc21. The van der Waals surface area contributed by atoms with Crippen molar-refractivity contribution in [2.24, 2.45) is 0 Å². The van der Waals surface area contributed by atoms with E-state index >= 15 is 0 Å². The number of nitrogens with zero attached hydrogens (tertiary/aromatic N) is 2. The highest BCUT2D eigenvalue weighted by molar-refractivity contribution is 5.89. The summed E-state index contributed by atoms with van der Waals surface area (Å²) in [5, 5.41) is 17.6. The van der Waals surface area contributed by atoms with E-state index in [0.717, 1.165) is 0 Å². The second kappa shape index (κ2) is 4.25. The normalized spacial score (nSPS) is 10.6. The Labute approximate surface area is 96.1 Å². The second-order valence-corrected chi connectivity index (χ2v) is 3.52. The smallest absolute Gasteiger partial charge is 0.372 e. The number of rotatable bonds is 4. The molecular formula is C11H10N2O4. The van der Waals surface area contributed by atoms with Gasteiger partial charge >= 0.3 is 11.9 Å². The summed E-state index contributed by atoms with van der Waals surface area (Å²) in [5.74, 6) is -2.27. The van der Waals surface area contributed by atoms with Crippen LogP contribution >= 0.6 is 0 Å². The highest BCUT2D eigenvalue weighted by atomic mass is 16.4. The fourth-order valence-corrected chi connectivity index (χ4v) is 1.67. The molecule has 17 heavy (non-hydrogen) atoms. The zero-order chi connectivity index (χ0) is 12.4. The van der Waals surface area contributed by atoms with Gasteiger partial charge in [-0.25, -0.2) is 9.78 Å². The summed E-state index contributed by atoms with van der Waals surface area (Å²) < 4.78 is 1.41. The number of fused-ring (bicyclic) bond motifs is 1. The van der Waals surface area contributed by atoms with Crippen LogP contribution in [0.1, 0.15) is 17.0 Å². The van der Waals surface area contributed by atoms with Gasteiger partial charge in [-0.1, -0.05) is 12.1 Å². The van der Waals surface area contributed by atoms with Crippen molar-refractivity contribution in [3.63, 3.8) is 0 Å². The number of para-hydroxylation sites is 2. The van der Waals surface area contributed by atoms with Crippen LogP contribution in [0.2, 0.25) is 0 Å². The Morgan fingerprint density at radius 2 is 1.94 bits per heavy atom. The van der Waals surface area contributed by atoms with Crippen molar-refractivity contribution in [1.29, 1.82) is 0 Å². The first-order chi connectivity index (χ1) is 8.09. The molecular weight excluding hydrogens is 224 g/mol. The van der Waals surface area contributed by atoms with Crippen LogP contribution in [-0.4, -0.2) is 31.7 Å². The summed E-state index contributed by atoms with van der Waals surface area (Å²) in [5.41, 5.74) is 1.18. The first-order valence-corrected chi connectivity index (χ1v) is 5.00. The lowest BCUT2D eigenvalue weighted by atomic mass is 10.3. The van der Waals surface area contributed by atoms with Crippen LogP contribution in [0.5, 0.6) is 0 Å². The number of hydrogen-bond donors (Lipinski definition) is 2. The summed E-state index contributed by atoms with van der Waals surface area (Å²) in [4.78, 5) is 25.5. The Balaban J connectivity index is 2.51. The minimum Gasteiger partial charge on any atom is -0.481 e. The molecule has 6 heteroatoms. The van der Waals surface area contributed by atoms with E-state index in [-0.39, 0.29) is 18.8 Å². The number of carboxylic acid groups (broad SMARTS) is 2. The molecule has 2 N–H and O–H groups in total. The first-order valence-electron chi connectivity index (χ1n) is 5.00. The molecule has 0 spiro atoms. The summed E-state index contributed by atoms with van der Waals surface area (Å²) in [6, 6.07) is 6.92. The van der Waals surface area contributed by atoms with Gasteiger partial charge in [0.05, 0.1) is 17.5 Å². The molecule has 0 atom stereocenters. The summed E-state index contributed by atoms with van der Waals surface area (Å²) >= 11 is 0. The fraction of sp³-hybridized carbons (Fsp3) is 0.182. The van der Waals surface area contributed by atoms with Gasteiger partial charge in [-0.15, -0.1) is 0 Å². The third kappa shape index (κ3) is 2.10. The van der Waals surface area contributed by atoms with Gasteiger partial charge in [0.25, 0.3) is 0 Å². The van der Waals surface area contributed by atoms with Gasteiger partial charge in [-0.05, 0) is 12.1 Å². The van der Waals surface area contributed by atoms with Crippen molar-refractivity contribution < 1.29 is 19.8 Å². The molecule has 2 aromatic rings. The lowest BCUT2D eigenvalue weighted by Crippen LogP contribution is -2.12. The predicted octanol–water partition coefficient (Wildman–Crippen LogP) is 1.21. The fourth-order valence-electron chi connectivity index (χ4n) is 1.67. The first kappa shape index (κ1) is 11.1. The number of imidazole rings is 1. The van der Waals surface area contributed by atoms with Crippen LogP contribution in [-0.2, 0) is 11.3 Å². The quantitative estimate of drug-likeness (QED) is 0.829. The number of hydrogen-bond acceptors (Lipinski definition) is 3. The Morgan fingerprint density at radius 1 is 1.24 bits per heavy atom. The molecule has 0 aliphatic rings. The Kier molecular flexibility index (Phi) is 2.78. The minimum atomic E-state index is -1.16. The van der Waals surface area contributed by atoms with E-state index in [1.807, 2.05) is 0 Å². The Hall–Kier alpha value is -2.37. The van der Waals surface area contributed by atoms with E-state index in [9.17, 15) is 9.59 Å². The van der Waals surface area contributed by atoms with E-state index in [0.29, 0.717) is 11.0 Å². The van der Waals surface area contributed by atoms with Gasteiger partial charge in [0, 0.05) is 6.54 Å². The van der Waals surface area contributed by atoms with Crippen molar-refractivity contribution >= 4 is 23.0 Å². The number of aliphatic carboxylic acids is 1. The molecule has 6 nitrogen and oxygen atoms in total. The number of aromatic nitrogens is 2. The van der Waals surface area contributed by atoms with Gasteiger partial charge in [0.1, 0.15) is 0 Å². The third-order valence-electron chi connectivity index (χ3n) is 2.40. The zero-order valence-corrected chi connectivity index (χ0v) is 8.83. The zero-order valence-electron chi connectivity index (χ0n) is 8.83. The van der Waals surface area contributed by atoms with Crippen molar-refractivity contribution in [2.45, 2.75) is 13.0 Å². The summed E-state index contributed by atoms with van der Waals surface area (Å²) in [6.45, 7) is 0.0947. The monoisotopic (exact) mass is 234 g/mol. The maximum absolute atomic E-state index is 11.0. The lowest BCUT2D eigenvalue weighted by Gasteiger charge is -2.04. The predicted molar refractivity (Wildman–Crippen MR) is 58.9 cm³/mol. The highest BCUT2D eigenvalue weighted by Crippen LogP contribution is 2.16.